The molecule has 0 saturated carbocycles. The van der Waals surface area contributed by atoms with Gasteiger partial charge in [0.2, 0.25) is 15.9 Å². The highest BCUT2D eigenvalue weighted by atomic mass is 32.2. The van der Waals surface area contributed by atoms with Crippen LogP contribution in [0.15, 0.2) is 35.6 Å². The first kappa shape index (κ1) is 16.6. The van der Waals surface area contributed by atoms with E-state index in [1.165, 1.54) is 22.1 Å². The maximum Gasteiger partial charge on any atom is 0.246 e. The Morgan fingerprint density at radius 2 is 1.75 bits per heavy atom. The van der Waals surface area contributed by atoms with Crippen LogP contribution in [-0.4, -0.2) is 64.5 Å². The Labute approximate surface area is 140 Å². The lowest BCUT2D eigenvalue weighted by molar-refractivity contribution is -0.129. The molecular formula is C15H19N5O3S. The van der Waals surface area contributed by atoms with Crippen molar-refractivity contribution in [2.75, 3.05) is 26.2 Å². The summed E-state index contributed by atoms with van der Waals surface area (Å²) in [6, 6.07) is 3.46. The second-order valence-corrected chi connectivity index (χ2v) is 7.57. The number of hydrogen-bond acceptors (Lipinski definition) is 5. The fraction of sp³-hybridized carbons (Fsp3) is 0.400. The number of amides is 1. The molecule has 0 spiro atoms. The van der Waals surface area contributed by atoms with Crippen molar-refractivity contribution >= 4 is 15.9 Å². The van der Waals surface area contributed by atoms with Crippen molar-refractivity contribution in [1.82, 2.24) is 24.0 Å². The van der Waals surface area contributed by atoms with Crippen LogP contribution in [0.3, 0.4) is 0 Å². The van der Waals surface area contributed by atoms with E-state index in [4.69, 9.17) is 0 Å². The number of piperazine rings is 1. The Kier molecular flexibility index (Phi) is 4.37. The zero-order chi connectivity index (χ0) is 17.3. The van der Waals surface area contributed by atoms with Crippen LogP contribution in [0.4, 0.5) is 0 Å². The molecular weight excluding hydrogens is 330 g/mol. The van der Waals surface area contributed by atoms with Gasteiger partial charge >= 0.3 is 0 Å². The zero-order valence-electron chi connectivity index (χ0n) is 13.6. The predicted molar refractivity (Wildman–Crippen MR) is 87.5 cm³/mol. The van der Waals surface area contributed by atoms with Crippen molar-refractivity contribution in [3.63, 3.8) is 0 Å². The molecule has 0 bridgehead atoms. The monoisotopic (exact) mass is 349 g/mol. The molecule has 0 radical (unpaired) electrons. The van der Waals surface area contributed by atoms with Crippen LogP contribution >= 0.6 is 0 Å². The summed E-state index contributed by atoms with van der Waals surface area (Å²) in [7, 11) is -1.99. The smallest absolute Gasteiger partial charge is 0.246 e. The van der Waals surface area contributed by atoms with Gasteiger partial charge in [0, 0.05) is 64.3 Å². The summed E-state index contributed by atoms with van der Waals surface area (Å²) < 4.78 is 29.0. The zero-order valence-corrected chi connectivity index (χ0v) is 14.4. The third-order valence-corrected chi connectivity index (χ3v) is 5.95. The maximum absolute atomic E-state index is 13.0. The number of hydrogen-bond donors (Lipinski definition) is 0. The van der Waals surface area contributed by atoms with E-state index in [1.807, 2.05) is 0 Å². The summed E-state index contributed by atoms with van der Waals surface area (Å²) in [6.45, 7) is 2.87. The molecule has 24 heavy (non-hydrogen) atoms. The molecule has 0 aromatic carbocycles. The number of aromatic nitrogens is 3. The quantitative estimate of drug-likeness (QED) is 0.797. The summed E-state index contributed by atoms with van der Waals surface area (Å²) in [4.78, 5) is 17.2. The molecule has 1 amide bonds. The van der Waals surface area contributed by atoms with E-state index in [0.29, 0.717) is 24.3 Å². The Bertz CT molecular complexity index is 839. The average molecular weight is 349 g/mol. The summed E-state index contributed by atoms with van der Waals surface area (Å²) >= 11 is 0. The maximum atomic E-state index is 13.0. The van der Waals surface area contributed by atoms with E-state index >= 15 is 0 Å². The third-order valence-electron chi connectivity index (χ3n) is 4.05. The molecule has 3 heterocycles. The Hall–Kier alpha value is -2.26. The summed E-state index contributed by atoms with van der Waals surface area (Å²) in [5.41, 5.74) is 1.11. The van der Waals surface area contributed by atoms with Crippen molar-refractivity contribution in [2.24, 2.45) is 7.05 Å². The van der Waals surface area contributed by atoms with Crippen LogP contribution in [-0.2, 0) is 21.9 Å². The van der Waals surface area contributed by atoms with Gasteiger partial charge in [-0.05, 0) is 12.1 Å². The molecule has 0 N–H and O–H groups in total. The van der Waals surface area contributed by atoms with Crippen molar-refractivity contribution in [3.8, 4) is 11.3 Å². The molecule has 1 fully saturated rings. The number of carbonyl (C=O) groups is 1. The van der Waals surface area contributed by atoms with Crippen molar-refractivity contribution < 1.29 is 13.2 Å². The Balaban J connectivity index is 1.93. The molecule has 1 aliphatic heterocycles. The average Bonchev–Trinajstić information content (AvgIpc) is 2.98. The molecule has 1 saturated heterocycles. The van der Waals surface area contributed by atoms with Gasteiger partial charge in [-0.15, -0.1) is 0 Å². The highest BCUT2D eigenvalue weighted by Gasteiger charge is 2.32. The highest BCUT2D eigenvalue weighted by Crippen LogP contribution is 2.28. The largest absolute Gasteiger partial charge is 0.340 e. The van der Waals surface area contributed by atoms with Crippen LogP contribution in [0.2, 0.25) is 0 Å². The summed E-state index contributed by atoms with van der Waals surface area (Å²) in [5.74, 6) is -0.0362. The fourth-order valence-electron chi connectivity index (χ4n) is 2.75. The van der Waals surface area contributed by atoms with E-state index < -0.39 is 10.0 Å². The minimum atomic E-state index is -3.68. The normalized spacial score (nSPS) is 16.3. The molecule has 0 unspecified atom stereocenters. The van der Waals surface area contributed by atoms with Crippen LogP contribution in [0.5, 0.6) is 0 Å². The molecule has 3 rings (SSSR count). The molecule has 128 valence electrons. The third kappa shape index (κ3) is 3.04. The lowest BCUT2D eigenvalue weighted by Gasteiger charge is -2.33. The minimum absolute atomic E-state index is 0.0362. The first-order valence-electron chi connectivity index (χ1n) is 7.59. The highest BCUT2D eigenvalue weighted by molar-refractivity contribution is 7.89. The van der Waals surface area contributed by atoms with Crippen LogP contribution in [0, 0.1) is 0 Å². The second-order valence-electron chi connectivity index (χ2n) is 5.66. The molecule has 2 aromatic heterocycles. The van der Waals surface area contributed by atoms with Crippen molar-refractivity contribution in [3.05, 3.63) is 30.7 Å². The molecule has 1 aliphatic rings. The number of pyridine rings is 1. The van der Waals surface area contributed by atoms with Crippen molar-refractivity contribution in [1.29, 1.82) is 0 Å². The number of rotatable bonds is 3. The summed E-state index contributed by atoms with van der Waals surface area (Å²) in [5, 5.41) is 4.30. The molecule has 8 nitrogen and oxygen atoms in total. The number of carbonyl (C=O) groups excluding carboxylic acids is 1. The van der Waals surface area contributed by atoms with Gasteiger partial charge in [-0.25, -0.2) is 8.42 Å². The van der Waals surface area contributed by atoms with Gasteiger partial charge in [0.25, 0.3) is 0 Å². The van der Waals surface area contributed by atoms with Gasteiger partial charge in [0.1, 0.15) is 10.6 Å². The lowest BCUT2D eigenvalue weighted by atomic mass is 10.2. The molecule has 2 aromatic rings. The lowest BCUT2D eigenvalue weighted by Crippen LogP contribution is -2.49. The first-order valence-corrected chi connectivity index (χ1v) is 9.03. The van der Waals surface area contributed by atoms with Gasteiger partial charge in [-0.3, -0.25) is 14.5 Å². The standard InChI is InChI=1S/C15H19N5O3S/c1-12(21)19-7-9-20(10-8-19)24(22,23)14-11-18(2)17-15(14)13-3-5-16-6-4-13/h3-6,11H,7-10H2,1-2H3. The van der Waals surface area contributed by atoms with E-state index in [2.05, 4.69) is 10.1 Å². The van der Waals surface area contributed by atoms with Gasteiger partial charge in [0.15, 0.2) is 0 Å². The van der Waals surface area contributed by atoms with Gasteiger partial charge < -0.3 is 4.90 Å². The SMILES string of the molecule is CC(=O)N1CCN(S(=O)(=O)c2cn(C)nc2-c2ccncc2)CC1. The van der Waals surface area contributed by atoms with Crippen LogP contribution in [0.25, 0.3) is 11.3 Å². The number of nitrogens with zero attached hydrogens (tertiary/aromatic N) is 5. The topological polar surface area (TPSA) is 88.4 Å². The van der Waals surface area contributed by atoms with E-state index in [1.54, 1.807) is 36.5 Å². The van der Waals surface area contributed by atoms with Crippen molar-refractivity contribution in [2.45, 2.75) is 11.8 Å². The predicted octanol–water partition coefficient (Wildman–Crippen LogP) is 0.335. The minimum Gasteiger partial charge on any atom is -0.340 e. The fourth-order valence-corrected chi connectivity index (χ4v) is 4.36. The number of sulfonamides is 1. The van der Waals surface area contributed by atoms with Gasteiger partial charge in [-0.1, -0.05) is 0 Å². The first-order chi connectivity index (χ1) is 11.4. The van der Waals surface area contributed by atoms with E-state index in [0.717, 1.165) is 0 Å². The van der Waals surface area contributed by atoms with Gasteiger partial charge in [-0.2, -0.15) is 9.40 Å². The molecule has 9 heteroatoms. The van der Waals surface area contributed by atoms with Gasteiger partial charge in [0.05, 0.1) is 0 Å². The van der Waals surface area contributed by atoms with E-state index in [9.17, 15) is 13.2 Å². The Morgan fingerprint density at radius 1 is 1.12 bits per heavy atom. The van der Waals surface area contributed by atoms with E-state index in [-0.39, 0.29) is 23.9 Å². The molecule has 0 atom stereocenters. The number of aryl methyl sites for hydroxylation is 1. The molecule has 0 aliphatic carbocycles. The van der Waals surface area contributed by atoms with Crippen LogP contribution in [0.1, 0.15) is 6.92 Å². The summed E-state index contributed by atoms with van der Waals surface area (Å²) in [6.07, 6.45) is 4.72. The Morgan fingerprint density at radius 3 is 2.33 bits per heavy atom. The second kappa shape index (κ2) is 6.33. The van der Waals surface area contributed by atoms with Crippen LogP contribution < -0.4 is 0 Å².